The van der Waals surface area contributed by atoms with Crippen LogP contribution in [-0.2, 0) is 0 Å². The van der Waals surface area contributed by atoms with Gasteiger partial charge >= 0.3 is 0 Å². The lowest BCUT2D eigenvalue weighted by Gasteiger charge is -2.13. The maximum atomic E-state index is 6.43. The standard InChI is InChI=1S/C22H16Cl3N3O3/c1-29-20-9-14-17(10-21(20)30-2)26-11-27-22(14)28-13-4-6-19(16(25)8-13)31-18-5-3-12(23)7-15(18)24/h3-11H,1-2H3,(H,26,27,28). The SMILES string of the molecule is COc1cc2ncnc(Nc3ccc(Oc4ccc(Cl)cc4Cl)c(Cl)c3)c2cc1OC. The van der Waals surface area contributed by atoms with Crippen LogP contribution in [0.1, 0.15) is 0 Å². The van der Waals surface area contributed by atoms with E-state index in [-0.39, 0.29) is 0 Å². The third-order valence-corrected chi connectivity index (χ3v) is 5.27. The van der Waals surface area contributed by atoms with E-state index in [0.29, 0.717) is 55.1 Å². The number of nitrogens with one attached hydrogen (secondary N) is 1. The van der Waals surface area contributed by atoms with Crippen molar-refractivity contribution < 1.29 is 14.2 Å². The summed E-state index contributed by atoms with van der Waals surface area (Å²) in [6, 6.07) is 13.9. The second kappa shape index (κ2) is 9.06. The van der Waals surface area contributed by atoms with E-state index >= 15 is 0 Å². The highest BCUT2D eigenvalue weighted by molar-refractivity contribution is 6.35. The number of hydrogen-bond donors (Lipinski definition) is 1. The molecule has 0 fully saturated rings. The number of aromatic nitrogens is 2. The van der Waals surface area contributed by atoms with Gasteiger partial charge in [-0.25, -0.2) is 9.97 Å². The molecule has 0 spiro atoms. The van der Waals surface area contributed by atoms with Crippen LogP contribution in [-0.4, -0.2) is 24.2 Å². The Morgan fingerprint density at radius 2 is 1.42 bits per heavy atom. The van der Waals surface area contributed by atoms with Gasteiger partial charge in [0.2, 0.25) is 0 Å². The normalized spacial score (nSPS) is 10.7. The van der Waals surface area contributed by atoms with Crippen molar-refractivity contribution in [1.29, 1.82) is 0 Å². The lowest BCUT2D eigenvalue weighted by atomic mass is 10.2. The van der Waals surface area contributed by atoms with Crippen LogP contribution in [0.5, 0.6) is 23.0 Å². The molecule has 1 aromatic heterocycles. The highest BCUT2D eigenvalue weighted by atomic mass is 35.5. The van der Waals surface area contributed by atoms with Crippen molar-refractivity contribution in [2.24, 2.45) is 0 Å². The summed E-state index contributed by atoms with van der Waals surface area (Å²) >= 11 is 18.5. The highest BCUT2D eigenvalue weighted by Gasteiger charge is 2.13. The smallest absolute Gasteiger partial charge is 0.162 e. The van der Waals surface area contributed by atoms with Crippen LogP contribution in [0.15, 0.2) is 54.9 Å². The average molecular weight is 477 g/mol. The quantitative estimate of drug-likeness (QED) is 0.319. The molecule has 0 aliphatic carbocycles. The average Bonchev–Trinajstić information content (AvgIpc) is 2.76. The molecule has 0 saturated carbocycles. The van der Waals surface area contributed by atoms with Gasteiger partial charge in [0.1, 0.15) is 23.6 Å². The fraction of sp³-hybridized carbons (Fsp3) is 0.0909. The summed E-state index contributed by atoms with van der Waals surface area (Å²) in [5.74, 6) is 2.67. The van der Waals surface area contributed by atoms with E-state index in [2.05, 4.69) is 15.3 Å². The number of hydrogen-bond acceptors (Lipinski definition) is 6. The first-order valence-corrected chi connectivity index (χ1v) is 10.2. The van der Waals surface area contributed by atoms with E-state index in [1.807, 2.05) is 12.1 Å². The van der Waals surface area contributed by atoms with Gasteiger partial charge in [-0.1, -0.05) is 34.8 Å². The number of fused-ring (bicyclic) bond motifs is 1. The second-order valence-corrected chi connectivity index (χ2v) is 7.64. The van der Waals surface area contributed by atoms with Gasteiger partial charge in [0.25, 0.3) is 0 Å². The Morgan fingerprint density at radius 3 is 2.10 bits per heavy atom. The molecule has 3 aromatic carbocycles. The number of rotatable bonds is 6. The minimum absolute atomic E-state index is 0.391. The molecule has 0 aliphatic rings. The van der Waals surface area contributed by atoms with E-state index in [0.717, 1.165) is 5.39 Å². The van der Waals surface area contributed by atoms with Crippen molar-refractivity contribution in [2.45, 2.75) is 0 Å². The van der Waals surface area contributed by atoms with Crippen LogP contribution >= 0.6 is 34.8 Å². The highest BCUT2D eigenvalue weighted by Crippen LogP contribution is 2.38. The predicted octanol–water partition coefficient (Wildman–Crippen LogP) is 7.14. The van der Waals surface area contributed by atoms with Gasteiger partial charge in [0.05, 0.1) is 29.8 Å². The zero-order valence-corrected chi connectivity index (χ0v) is 18.7. The predicted molar refractivity (Wildman–Crippen MR) is 124 cm³/mol. The number of anilines is 2. The Kier molecular flexibility index (Phi) is 6.23. The summed E-state index contributed by atoms with van der Waals surface area (Å²) in [4.78, 5) is 8.66. The van der Waals surface area contributed by atoms with Crippen LogP contribution in [0.3, 0.4) is 0 Å². The first-order chi connectivity index (χ1) is 15.0. The van der Waals surface area contributed by atoms with Crippen molar-refractivity contribution in [3.8, 4) is 23.0 Å². The maximum absolute atomic E-state index is 6.43. The number of halogens is 3. The molecule has 0 unspecified atom stereocenters. The van der Waals surface area contributed by atoms with E-state index in [1.165, 1.54) is 6.33 Å². The number of benzene rings is 3. The van der Waals surface area contributed by atoms with E-state index < -0.39 is 0 Å². The fourth-order valence-corrected chi connectivity index (χ4v) is 3.62. The molecule has 0 aliphatic heterocycles. The van der Waals surface area contributed by atoms with Crippen LogP contribution in [0.2, 0.25) is 15.1 Å². The van der Waals surface area contributed by atoms with Gasteiger partial charge in [-0.15, -0.1) is 0 Å². The summed E-state index contributed by atoms with van der Waals surface area (Å²) < 4.78 is 16.6. The Balaban J connectivity index is 1.63. The minimum Gasteiger partial charge on any atom is -0.493 e. The van der Waals surface area contributed by atoms with E-state index in [4.69, 9.17) is 49.0 Å². The first kappa shape index (κ1) is 21.3. The number of methoxy groups -OCH3 is 2. The van der Waals surface area contributed by atoms with Crippen LogP contribution in [0, 0.1) is 0 Å². The van der Waals surface area contributed by atoms with Gasteiger partial charge in [-0.3, -0.25) is 0 Å². The van der Waals surface area contributed by atoms with Gasteiger partial charge in [-0.2, -0.15) is 0 Å². The molecule has 158 valence electrons. The summed E-state index contributed by atoms with van der Waals surface area (Å²) in [5.41, 5.74) is 1.42. The van der Waals surface area contributed by atoms with Crippen molar-refractivity contribution in [2.75, 3.05) is 19.5 Å². The van der Waals surface area contributed by atoms with Crippen molar-refractivity contribution in [1.82, 2.24) is 9.97 Å². The Hall–Kier alpha value is -2.93. The van der Waals surface area contributed by atoms with Gasteiger partial charge in [0, 0.05) is 22.2 Å². The zero-order valence-electron chi connectivity index (χ0n) is 16.4. The molecule has 4 aromatic rings. The maximum Gasteiger partial charge on any atom is 0.162 e. The zero-order chi connectivity index (χ0) is 22.0. The topological polar surface area (TPSA) is 65.5 Å². The molecule has 9 heteroatoms. The fourth-order valence-electron chi connectivity index (χ4n) is 2.96. The molecule has 4 rings (SSSR count). The summed E-state index contributed by atoms with van der Waals surface area (Å²) in [6.45, 7) is 0. The third kappa shape index (κ3) is 4.56. The Bertz CT molecular complexity index is 1270. The lowest BCUT2D eigenvalue weighted by molar-refractivity contribution is 0.356. The van der Waals surface area contributed by atoms with E-state index in [9.17, 15) is 0 Å². The monoisotopic (exact) mass is 475 g/mol. The van der Waals surface area contributed by atoms with Crippen molar-refractivity contribution in [3.63, 3.8) is 0 Å². The molecule has 0 atom stereocenters. The molecule has 1 N–H and O–H groups in total. The first-order valence-electron chi connectivity index (χ1n) is 9.04. The molecule has 6 nitrogen and oxygen atoms in total. The molecule has 0 saturated heterocycles. The van der Waals surface area contributed by atoms with Gasteiger partial charge in [-0.05, 0) is 42.5 Å². The molecule has 0 radical (unpaired) electrons. The Morgan fingerprint density at radius 1 is 0.742 bits per heavy atom. The van der Waals surface area contributed by atoms with Gasteiger partial charge in [0.15, 0.2) is 11.5 Å². The Labute approximate surface area is 193 Å². The van der Waals surface area contributed by atoms with Gasteiger partial charge < -0.3 is 19.5 Å². The number of ether oxygens (including phenoxy) is 3. The van der Waals surface area contributed by atoms with Crippen molar-refractivity contribution in [3.05, 3.63) is 69.9 Å². The van der Waals surface area contributed by atoms with Crippen LogP contribution in [0.25, 0.3) is 10.9 Å². The van der Waals surface area contributed by atoms with E-state index in [1.54, 1.807) is 50.6 Å². The minimum atomic E-state index is 0.391. The molecule has 0 amide bonds. The third-order valence-electron chi connectivity index (χ3n) is 4.45. The summed E-state index contributed by atoms with van der Waals surface area (Å²) in [7, 11) is 3.15. The number of nitrogens with zero attached hydrogens (tertiary/aromatic N) is 2. The van der Waals surface area contributed by atoms with Crippen LogP contribution < -0.4 is 19.5 Å². The van der Waals surface area contributed by atoms with Crippen LogP contribution in [0.4, 0.5) is 11.5 Å². The second-order valence-electron chi connectivity index (χ2n) is 6.39. The largest absolute Gasteiger partial charge is 0.493 e. The van der Waals surface area contributed by atoms with Crippen molar-refractivity contribution >= 4 is 57.2 Å². The summed E-state index contributed by atoms with van der Waals surface area (Å²) in [6.07, 6.45) is 1.47. The molecular formula is C22H16Cl3N3O3. The molecule has 0 bridgehead atoms. The molecule has 1 heterocycles. The summed E-state index contributed by atoms with van der Waals surface area (Å²) in [5, 5.41) is 5.33. The molecular weight excluding hydrogens is 461 g/mol. The molecule has 31 heavy (non-hydrogen) atoms. The lowest BCUT2D eigenvalue weighted by Crippen LogP contribution is -1.98.